The summed E-state index contributed by atoms with van der Waals surface area (Å²) in [5, 5.41) is 11.9. The normalized spacial score (nSPS) is 10.1. The predicted octanol–water partition coefficient (Wildman–Crippen LogP) is 2.26. The zero-order chi connectivity index (χ0) is 10.7. The highest BCUT2D eigenvalue weighted by Gasteiger charge is 2.03. The van der Waals surface area contributed by atoms with Crippen molar-refractivity contribution >= 4 is 17.6 Å². The smallest absolute Gasteiger partial charge is 0.125 e. The number of benzene rings is 1. The molecule has 1 aromatic carbocycles. The lowest BCUT2D eigenvalue weighted by Gasteiger charge is -1.95. The summed E-state index contributed by atoms with van der Waals surface area (Å²) in [5.41, 5.74) is 1.74. The van der Waals surface area contributed by atoms with Gasteiger partial charge in [-0.25, -0.2) is 4.98 Å². The molecule has 3 nitrogen and oxygen atoms in total. The first-order chi connectivity index (χ1) is 7.29. The number of aldehydes is 1. The quantitative estimate of drug-likeness (QED) is 0.805. The molecule has 76 valence electrons. The fraction of sp³-hybridized carbons (Fsp3) is 0.0909. The van der Waals surface area contributed by atoms with Gasteiger partial charge >= 0.3 is 0 Å². The molecule has 0 atom stereocenters. The molecule has 1 heterocycles. The minimum atomic E-state index is 0.239. The van der Waals surface area contributed by atoms with Gasteiger partial charge in [-0.15, -0.1) is 11.3 Å². The third-order valence-electron chi connectivity index (χ3n) is 1.96. The Bertz CT molecular complexity index is 462. The van der Waals surface area contributed by atoms with Gasteiger partial charge in [0.05, 0.1) is 5.69 Å². The number of hydrogen-bond donors (Lipinski definition) is 1. The first-order valence-corrected chi connectivity index (χ1v) is 5.35. The van der Waals surface area contributed by atoms with Crippen LogP contribution >= 0.6 is 11.3 Å². The van der Waals surface area contributed by atoms with Crippen LogP contribution < -0.4 is 0 Å². The van der Waals surface area contributed by atoms with Crippen molar-refractivity contribution in [2.45, 2.75) is 6.42 Å². The predicted molar refractivity (Wildman–Crippen MR) is 59.0 cm³/mol. The molecule has 2 aromatic rings. The number of nitrogens with zero attached hydrogens (tertiary/aromatic N) is 1. The summed E-state index contributed by atoms with van der Waals surface area (Å²) in [6, 6.07) is 6.85. The number of aromatic nitrogens is 1. The van der Waals surface area contributed by atoms with Gasteiger partial charge in [-0.3, -0.25) is 0 Å². The first kappa shape index (κ1) is 9.86. The van der Waals surface area contributed by atoms with E-state index in [0.717, 1.165) is 22.6 Å². The number of hydrogen-bond acceptors (Lipinski definition) is 4. The second-order valence-electron chi connectivity index (χ2n) is 3.06. The minimum Gasteiger partial charge on any atom is -0.508 e. The Kier molecular flexibility index (Phi) is 2.78. The Labute approximate surface area is 91.0 Å². The maximum atomic E-state index is 10.3. The van der Waals surface area contributed by atoms with Gasteiger partial charge in [-0.1, -0.05) is 0 Å². The molecule has 15 heavy (non-hydrogen) atoms. The van der Waals surface area contributed by atoms with E-state index in [2.05, 4.69) is 4.98 Å². The van der Waals surface area contributed by atoms with Crippen molar-refractivity contribution in [3.8, 4) is 16.3 Å². The Morgan fingerprint density at radius 2 is 2.07 bits per heavy atom. The maximum absolute atomic E-state index is 10.3. The van der Waals surface area contributed by atoms with Crippen LogP contribution in [0.2, 0.25) is 0 Å². The van der Waals surface area contributed by atoms with E-state index < -0.39 is 0 Å². The second kappa shape index (κ2) is 4.23. The second-order valence-corrected chi connectivity index (χ2v) is 3.92. The largest absolute Gasteiger partial charge is 0.508 e. The molecule has 0 aliphatic rings. The number of carbonyl (C=O) groups excluding carboxylic acids is 1. The van der Waals surface area contributed by atoms with E-state index >= 15 is 0 Å². The SMILES string of the molecule is O=CCc1csc(-c2ccc(O)cc2)n1. The highest BCUT2D eigenvalue weighted by atomic mass is 32.1. The lowest BCUT2D eigenvalue weighted by Crippen LogP contribution is -1.85. The van der Waals surface area contributed by atoms with E-state index in [4.69, 9.17) is 5.11 Å². The molecule has 0 radical (unpaired) electrons. The average molecular weight is 219 g/mol. The monoisotopic (exact) mass is 219 g/mol. The summed E-state index contributed by atoms with van der Waals surface area (Å²) in [6.45, 7) is 0. The molecular formula is C11H9NO2S. The third-order valence-corrected chi connectivity index (χ3v) is 2.90. The van der Waals surface area contributed by atoms with Crippen molar-refractivity contribution in [2.24, 2.45) is 0 Å². The standard InChI is InChI=1S/C11H9NO2S/c13-6-5-9-7-15-11(12-9)8-1-3-10(14)4-2-8/h1-4,6-7,14H,5H2. The van der Waals surface area contributed by atoms with Crippen molar-refractivity contribution < 1.29 is 9.90 Å². The lowest BCUT2D eigenvalue weighted by atomic mass is 10.2. The van der Waals surface area contributed by atoms with Crippen LogP contribution in [0.15, 0.2) is 29.6 Å². The number of carbonyl (C=O) groups is 1. The van der Waals surface area contributed by atoms with Crippen molar-refractivity contribution in [1.82, 2.24) is 4.98 Å². The van der Waals surface area contributed by atoms with Crippen LogP contribution in [-0.2, 0) is 11.2 Å². The Hall–Kier alpha value is -1.68. The fourth-order valence-electron chi connectivity index (χ4n) is 1.22. The van der Waals surface area contributed by atoms with Crippen LogP contribution in [0.3, 0.4) is 0 Å². The first-order valence-electron chi connectivity index (χ1n) is 4.47. The summed E-state index contributed by atoms with van der Waals surface area (Å²) in [7, 11) is 0. The molecule has 0 spiro atoms. The molecule has 0 aliphatic carbocycles. The molecule has 2 rings (SSSR count). The van der Waals surface area contributed by atoms with Crippen molar-refractivity contribution in [3.05, 3.63) is 35.3 Å². The summed E-state index contributed by atoms with van der Waals surface area (Å²) in [4.78, 5) is 14.6. The molecule has 0 bridgehead atoms. The average Bonchev–Trinajstić information content (AvgIpc) is 2.68. The fourth-order valence-corrected chi connectivity index (χ4v) is 2.06. The maximum Gasteiger partial charge on any atom is 0.125 e. The van der Waals surface area contributed by atoms with Gasteiger partial charge in [-0.2, -0.15) is 0 Å². The summed E-state index contributed by atoms with van der Waals surface area (Å²) >= 11 is 1.50. The van der Waals surface area contributed by atoms with Crippen molar-refractivity contribution in [2.75, 3.05) is 0 Å². The van der Waals surface area contributed by atoms with Crippen LogP contribution in [-0.4, -0.2) is 16.4 Å². The molecule has 0 unspecified atom stereocenters. The van der Waals surface area contributed by atoms with E-state index in [1.165, 1.54) is 11.3 Å². The molecule has 1 aromatic heterocycles. The summed E-state index contributed by atoms with van der Waals surface area (Å²) in [5.74, 6) is 0.239. The number of rotatable bonds is 3. The van der Waals surface area contributed by atoms with Gasteiger partial charge in [0.15, 0.2) is 0 Å². The van der Waals surface area contributed by atoms with E-state index in [0.29, 0.717) is 6.42 Å². The number of phenols is 1. The Morgan fingerprint density at radius 1 is 1.33 bits per heavy atom. The van der Waals surface area contributed by atoms with E-state index in [1.807, 2.05) is 5.38 Å². The molecule has 0 amide bonds. The number of thiazole rings is 1. The van der Waals surface area contributed by atoms with Crippen molar-refractivity contribution in [1.29, 1.82) is 0 Å². The van der Waals surface area contributed by atoms with Gasteiger partial charge < -0.3 is 9.90 Å². The topological polar surface area (TPSA) is 50.2 Å². The molecule has 0 saturated heterocycles. The van der Waals surface area contributed by atoms with Crippen LogP contribution in [0, 0.1) is 0 Å². The van der Waals surface area contributed by atoms with Gasteiger partial charge in [0, 0.05) is 17.4 Å². The van der Waals surface area contributed by atoms with E-state index in [1.54, 1.807) is 24.3 Å². The van der Waals surface area contributed by atoms with Crippen LogP contribution in [0.1, 0.15) is 5.69 Å². The third kappa shape index (κ3) is 2.22. The van der Waals surface area contributed by atoms with Gasteiger partial charge in [0.1, 0.15) is 17.0 Å². The zero-order valence-electron chi connectivity index (χ0n) is 7.88. The molecule has 1 N–H and O–H groups in total. The lowest BCUT2D eigenvalue weighted by molar-refractivity contribution is -0.107. The highest BCUT2D eigenvalue weighted by molar-refractivity contribution is 7.13. The highest BCUT2D eigenvalue weighted by Crippen LogP contribution is 2.25. The molecular weight excluding hydrogens is 210 g/mol. The number of aromatic hydroxyl groups is 1. The Balaban J connectivity index is 2.28. The molecule has 0 saturated carbocycles. The van der Waals surface area contributed by atoms with Crippen LogP contribution in [0.25, 0.3) is 10.6 Å². The number of phenolic OH excluding ortho intramolecular Hbond substituents is 1. The van der Waals surface area contributed by atoms with Gasteiger partial charge in [0.2, 0.25) is 0 Å². The molecule has 0 fully saturated rings. The van der Waals surface area contributed by atoms with Gasteiger partial charge in [-0.05, 0) is 24.3 Å². The minimum absolute atomic E-state index is 0.239. The zero-order valence-corrected chi connectivity index (χ0v) is 8.70. The Morgan fingerprint density at radius 3 is 2.73 bits per heavy atom. The summed E-state index contributed by atoms with van der Waals surface area (Å²) < 4.78 is 0. The van der Waals surface area contributed by atoms with Crippen molar-refractivity contribution in [3.63, 3.8) is 0 Å². The summed E-state index contributed by atoms with van der Waals surface area (Å²) in [6.07, 6.45) is 1.20. The van der Waals surface area contributed by atoms with E-state index in [9.17, 15) is 4.79 Å². The van der Waals surface area contributed by atoms with Crippen LogP contribution in [0.5, 0.6) is 5.75 Å². The molecule has 0 aliphatic heterocycles. The van der Waals surface area contributed by atoms with Crippen LogP contribution in [0.4, 0.5) is 0 Å². The molecule has 4 heteroatoms. The van der Waals surface area contributed by atoms with E-state index in [-0.39, 0.29) is 5.75 Å². The van der Waals surface area contributed by atoms with Gasteiger partial charge in [0.25, 0.3) is 0 Å².